The highest BCUT2D eigenvalue weighted by Crippen LogP contribution is 2.21. The van der Waals surface area contributed by atoms with Crippen molar-refractivity contribution < 1.29 is 18.0 Å². The van der Waals surface area contributed by atoms with Crippen LogP contribution in [-0.4, -0.2) is 26.8 Å². The Bertz CT molecular complexity index is 939. The Morgan fingerprint density at radius 1 is 1.04 bits per heavy atom. The third kappa shape index (κ3) is 4.82. The summed E-state index contributed by atoms with van der Waals surface area (Å²) >= 11 is 0. The molecule has 0 bridgehead atoms. The summed E-state index contributed by atoms with van der Waals surface area (Å²) < 4.78 is 27.8. The molecular weight excluding hydrogens is 354 g/mol. The van der Waals surface area contributed by atoms with Gasteiger partial charge in [0.05, 0.1) is 10.6 Å². The first-order chi connectivity index (χ1) is 12.2. The van der Waals surface area contributed by atoms with Gasteiger partial charge in [0.1, 0.15) is 0 Å². The number of hydrogen-bond acceptors (Lipinski definition) is 4. The lowest BCUT2D eigenvalue weighted by Crippen LogP contribution is -2.24. The number of hydrogen-bond donors (Lipinski definition) is 3. The second kappa shape index (κ2) is 8.01. The van der Waals surface area contributed by atoms with Gasteiger partial charge in [0, 0.05) is 24.7 Å². The van der Waals surface area contributed by atoms with Crippen LogP contribution in [0, 0.1) is 6.92 Å². The lowest BCUT2D eigenvalue weighted by atomic mass is 10.1. The van der Waals surface area contributed by atoms with E-state index >= 15 is 0 Å². The Hall–Kier alpha value is -2.87. The predicted molar refractivity (Wildman–Crippen MR) is 101 cm³/mol. The van der Waals surface area contributed by atoms with E-state index in [0.29, 0.717) is 29.0 Å². The van der Waals surface area contributed by atoms with Gasteiger partial charge in [0.15, 0.2) is 0 Å². The highest BCUT2D eigenvalue weighted by molar-refractivity contribution is 7.92. The van der Waals surface area contributed by atoms with Crippen LogP contribution in [0.1, 0.15) is 29.8 Å². The van der Waals surface area contributed by atoms with Crippen molar-refractivity contribution in [1.82, 2.24) is 5.32 Å². The molecule has 0 unspecified atom stereocenters. The first-order valence-corrected chi connectivity index (χ1v) is 9.50. The molecule has 0 atom stereocenters. The number of carbonyl (C=O) groups is 2. The molecule has 2 aromatic carbocycles. The van der Waals surface area contributed by atoms with Crippen LogP contribution in [0.15, 0.2) is 47.4 Å². The molecule has 0 aliphatic carbocycles. The van der Waals surface area contributed by atoms with E-state index < -0.39 is 10.0 Å². The number of carbonyl (C=O) groups excluding carboxylic acids is 2. The molecule has 3 N–H and O–H groups in total. The molecule has 0 heterocycles. The molecule has 0 aliphatic rings. The molecule has 0 spiro atoms. The summed E-state index contributed by atoms with van der Waals surface area (Å²) in [4.78, 5) is 23.2. The van der Waals surface area contributed by atoms with Crippen LogP contribution in [0.2, 0.25) is 0 Å². The zero-order valence-corrected chi connectivity index (χ0v) is 15.6. The SMILES string of the molecule is CCNC(=O)c1cc(S(=O)(=O)Nc2cccc(NC(C)=O)c2)ccc1C. The fourth-order valence-corrected chi connectivity index (χ4v) is 3.42. The van der Waals surface area contributed by atoms with Gasteiger partial charge >= 0.3 is 0 Å². The van der Waals surface area contributed by atoms with E-state index in [-0.39, 0.29) is 16.7 Å². The topological polar surface area (TPSA) is 104 Å². The van der Waals surface area contributed by atoms with Crippen LogP contribution in [0.4, 0.5) is 11.4 Å². The maximum Gasteiger partial charge on any atom is 0.261 e. The van der Waals surface area contributed by atoms with Crippen molar-refractivity contribution in [2.75, 3.05) is 16.6 Å². The molecule has 2 rings (SSSR count). The number of anilines is 2. The zero-order valence-electron chi connectivity index (χ0n) is 14.8. The summed E-state index contributed by atoms with van der Waals surface area (Å²) in [6.45, 7) is 5.35. The van der Waals surface area contributed by atoms with Gasteiger partial charge in [0.2, 0.25) is 5.91 Å². The molecule has 8 heteroatoms. The number of aryl methyl sites for hydroxylation is 1. The van der Waals surface area contributed by atoms with Crippen molar-refractivity contribution >= 4 is 33.2 Å². The van der Waals surface area contributed by atoms with E-state index in [1.807, 2.05) is 0 Å². The third-order valence-electron chi connectivity index (χ3n) is 3.54. The largest absolute Gasteiger partial charge is 0.352 e. The highest BCUT2D eigenvalue weighted by Gasteiger charge is 2.18. The van der Waals surface area contributed by atoms with Gasteiger partial charge in [-0.2, -0.15) is 0 Å². The molecule has 0 fully saturated rings. The number of benzene rings is 2. The van der Waals surface area contributed by atoms with E-state index in [9.17, 15) is 18.0 Å². The zero-order chi connectivity index (χ0) is 19.3. The van der Waals surface area contributed by atoms with Crippen LogP contribution in [-0.2, 0) is 14.8 Å². The first-order valence-electron chi connectivity index (χ1n) is 8.02. The van der Waals surface area contributed by atoms with Gasteiger partial charge in [0.25, 0.3) is 15.9 Å². The van der Waals surface area contributed by atoms with Gasteiger partial charge in [-0.1, -0.05) is 12.1 Å². The Kier molecular flexibility index (Phi) is 5.99. The molecule has 0 saturated carbocycles. The summed E-state index contributed by atoms with van der Waals surface area (Å²) in [5.74, 6) is -0.579. The lowest BCUT2D eigenvalue weighted by molar-refractivity contribution is -0.114. The maximum atomic E-state index is 12.6. The van der Waals surface area contributed by atoms with E-state index in [1.165, 1.54) is 25.1 Å². The van der Waals surface area contributed by atoms with Gasteiger partial charge in [-0.25, -0.2) is 8.42 Å². The molecule has 26 heavy (non-hydrogen) atoms. The van der Waals surface area contributed by atoms with E-state index in [2.05, 4.69) is 15.4 Å². The van der Waals surface area contributed by atoms with Crippen LogP contribution in [0.5, 0.6) is 0 Å². The molecule has 0 aliphatic heterocycles. The molecular formula is C18H21N3O4S. The maximum absolute atomic E-state index is 12.6. The smallest absolute Gasteiger partial charge is 0.261 e. The lowest BCUT2D eigenvalue weighted by Gasteiger charge is -2.12. The average Bonchev–Trinajstić information content (AvgIpc) is 2.54. The van der Waals surface area contributed by atoms with Crippen LogP contribution in [0.25, 0.3) is 0 Å². The monoisotopic (exact) mass is 375 g/mol. The van der Waals surface area contributed by atoms with Crippen molar-refractivity contribution in [3.05, 3.63) is 53.6 Å². The predicted octanol–water partition coefficient (Wildman–Crippen LogP) is 2.50. The minimum atomic E-state index is -3.89. The fraction of sp³-hybridized carbons (Fsp3) is 0.222. The second-order valence-corrected chi connectivity index (χ2v) is 7.39. The van der Waals surface area contributed by atoms with Crippen molar-refractivity contribution in [1.29, 1.82) is 0 Å². The Morgan fingerprint density at radius 2 is 1.73 bits per heavy atom. The van der Waals surface area contributed by atoms with E-state index in [0.717, 1.165) is 0 Å². The Morgan fingerprint density at radius 3 is 2.38 bits per heavy atom. The Balaban J connectivity index is 2.32. The van der Waals surface area contributed by atoms with Crippen LogP contribution in [0.3, 0.4) is 0 Å². The molecule has 7 nitrogen and oxygen atoms in total. The normalized spacial score (nSPS) is 10.9. The molecule has 0 saturated heterocycles. The molecule has 138 valence electrons. The van der Waals surface area contributed by atoms with Crippen molar-refractivity contribution in [3.63, 3.8) is 0 Å². The molecule has 2 aromatic rings. The van der Waals surface area contributed by atoms with Crippen molar-refractivity contribution in [2.24, 2.45) is 0 Å². The first kappa shape index (κ1) is 19.5. The highest BCUT2D eigenvalue weighted by atomic mass is 32.2. The summed E-state index contributed by atoms with van der Waals surface area (Å²) in [5, 5.41) is 5.25. The van der Waals surface area contributed by atoms with E-state index in [4.69, 9.17) is 0 Å². The number of rotatable bonds is 6. The Labute approximate surface area is 152 Å². The van der Waals surface area contributed by atoms with Crippen molar-refractivity contribution in [3.8, 4) is 0 Å². The number of amides is 2. The summed E-state index contributed by atoms with van der Waals surface area (Å²) in [6, 6.07) is 10.7. The molecule has 0 radical (unpaired) electrons. The van der Waals surface area contributed by atoms with Crippen LogP contribution < -0.4 is 15.4 Å². The minimum absolute atomic E-state index is 0.0192. The number of sulfonamides is 1. The molecule has 0 aromatic heterocycles. The van der Waals surface area contributed by atoms with Gasteiger partial charge in [-0.3, -0.25) is 14.3 Å². The summed E-state index contributed by atoms with van der Waals surface area (Å²) in [5.41, 5.74) is 1.77. The van der Waals surface area contributed by atoms with Crippen LogP contribution >= 0.6 is 0 Å². The fourth-order valence-electron chi connectivity index (χ4n) is 2.35. The minimum Gasteiger partial charge on any atom is -0.352 e. The van der Waals surface area contributed by atoms with Gasteiger partial charge in [-0.15, -0.1) is 0 Å². The van der Waals surface area contributed by atoms with Gasteiger partial charge < -0.3 is 10.6 Å². The standard InChI is InChI=1S/C18H21N3O4S/c1-4-19-18(23)17-11-16(9-8-12(17)2)26(24,25)21-15-7-5-6-14(10-15)20-13(3)22/h5-11,21H,4H2,1-3H3,(H,19,23)(H,20,22). The third-order valence-corrected chi connectivity index (χ3v) is 4.92. The van der Waals surface area contributed by atoms with E-state index in [1.54, 1.807) is 38.1 Å². The van der Waals surface area contributed by atoms with Crippen molar-refractivity contribution in [2.45, 2.75) is 25.7 Å². The second-order valence-electron chi connectivity index (χ2n) is 5.70. The van der Waals surface area contributed by atoms with Gasteiger partial charge in [-0.05, 0) is 49.7 Å². The average molecular weight is 375 g/mol. The summed E-state index contributed by atoms with van der Waals surface area (Å²) in [6.07, 6.45) is 0. The summed E-state index contributed by atoms with van der Waals surface area (Å²) in [7, 11) is -3.89. The number of nitrogens with one attached hydrogen (secondary N) is 3. The molecule has 2 amide bonds. The quantitative estimate of drug-likeness (QED) is 0.721.